The molecule has 1 saturated heterocycles. The maximum absolute atomic E-state index is 5.58. The first-order chi connectivity index (χ1) is 15.6. The number of nitrogens with zero attached hydrogens (tertiary/aromatic N) is 6. The smallest absolute Gasteiger partial charge is 0.228 e. The molecule has 1 aliphatic rings. The molecule has 2 N–H and O–H groups in total. The summed E-state index contributed by atoms with van der Waals surface area (Å²) in [5, 5.41) is 11.7. The third kappa shape index (κ3) is 4.98. The number of anilines is 3. The summed E-state index contributed by atoms with van der Waals surface area (Å²) in [6.45, 7) is 10.9. The third-order valence-corrected chi connectivity index (χ3v) is 5.39. The highest BCUT2D eigenvalue weighted by atomic mass is 16.5. The molecule has 4 rings (SSSR count). The lowest BCUT2D eigenvalue weighted by molar-refractivity contribution is 0.136. The molecule has 10 heteroatoms. The van der Waals surface area contributed by atoms with E-state index in [1.165, 1.54) is 0 Å². The van der Waals surface area contributed by atoms with Gasteiger partial charge in [0.15, 0.2) is 5.82 Å². The van der Waals surface area contributed by atoms with Gasteiger partial charge in [0.25, 0.3) is 0 Å². The van der Waals surface area contributed by atoms with Crippen LogP contribution in [0.15, 0.2) is 18.3 Å². The van der Waals surface area contributed by atoms with E-state index < -0.39 is 0 Å². The van der Waals surface area contributed by atoms with Gasteiger partial charge >= 0.3 is 0 Å². The number of fused-ring (bicyclic) bond motifs is 1. The normalized spacial score (nSPS) is 16.6. The summed E-state index contributed by atoms with van der Waals surface area (Å²) >= 11 is 0. The predicted molar refractivity (Wildman–Crippen MR) is 124 cm³/mol. The van der Waals surface area contributed by atoms with Crippen molar-refractivity contribution in [3.63, 3.8) is 0 Å². The van der Waals surface area contributed by atoms with E-state index in [9.17, 15) is 0 Å². The van der Waals surface area contributed by atoms with Crippen LogP contribution in [0.4, 0.5) is 17.6 Å². The van der Waals surface area contributed by atoms with Crippen LogP contribution in [0, 0.1) is 6.92 Å². The van der Waals surface area contributed by atoms with Crippen molar-refractivity contribution >= 4 is 28.6 Å². The number of hydrogen-bond donors (Lipinski definition) is 2. The van der Waals surface area contributed by atoms with Crippen molar-refractivity contribution in [2.45, 2.75) is 40.0 Å². The summed E-state index contributed by atoms with van der Waals surface area (Å²) in [6, 6.07) is 4.33. The van der Waals surface area contributed by atoms with E-state index in [1.54, 1.807) is 13.3 Å². The average molecular weight is 441 g/mol. The fraction of sp³-hybridized carbons (Fsp3) is 0.545. The average Bonchev–Trinajstić information content (AvgIpc) is 3.12. The minimum absolute atomic E-state index is 0.366. The van der Waals surface area contributed by atoms with Gasteiger partial charge in [0.2, 0.25) is 5.95 Å². The summed E-state index contributed by atoms with van der Waals surface area (Å²) < 4.78 is 12.9. The van der Waals surface area contributed by atoms with Crippen LogP contribution in [0.25, 0.3) is 11.0 Å². The van der Waals surface area contributed by atoms with Crippen LogP contribution in [0.2, 0.25) is 0 Å². The maximum atomic E-state index is 5.58. The number of piperazine rings is 1. The topological polar surface area (TPSA) is 102 Å². The number of hydrogen-bond acceptors (Lipinski definition) is 9. The second kappa shape index (κ2) is 10.2. The SMILES string of the molecule is CCOCCn1nc(COC)c2nc(N3CCNC(C)C3)nc(Nc3cc(C)ccn3)c21. The van der Waals surface area contributed by atoms with E-state index in [2.05, 4.69) is 27.4 Å². The van der Waals surface area contributed by atoms with E-state index in [0.717, 1.165) is 47.7 Å². The first-order valence-corrected chi connectivity index (χ1v) is 11.1. The minimum Gasteiger partial charge on any atom is -0.380 e. The molecular weight excluding hydrogens is 408 g/mol. The lowest BCUT2D eigenvalue weighted by atomic mass is 10.2. The Bertz CT molecular complexity index is 1050. The van der Waals surface area contributed by atoms with E-state index in [0.29, 0.717) is 44.2 Å². The third-order valence-electron chi connectivity index (χ3n) is 5.39. The van der Waals surface area contributed by atoms with Crippen LogP contribution < -0.4 is 15.5 Å². The van der Waals surface area contributed by atoms with Crippen LogP contribution in [-0.4, -0.2) is 70.7 Å². The summed E-state index contributed by atoms with van der Waals surface area (Å²) in [6.07, 6.45) is 1.79. The van der Waals surface area contributed by atoms with E-state index in [4.69, 9.17) is 24.5 Å². The Morgan fingerprint density at radius 2 is 2.19 bits per heavy atom. The molecule has 10 nitrogen and oxygen atoms in total. The Labute approximate surface area is 188 Å². The molecular formula is C22H32N8O2. The lowest BCUT2D eigenvalue weighted by Crippen LogP contribution is -2.49. The van der Waals surface area contributed by atoms with Crippen molar-refractivity contribution in [3.05, 3.63) is 29.6 Å². The fourth-order valence-electron chi connectivity index (χ4n) is 3.89. The number of nitrogens with one attached hydrogen (secondary N) is 2. The Hall–Kier alpha value is -2.82. The summed E-state index contributed by atoms with van der Waals surface area (Å²) in [4.78, 5) is 16.6. The number of aryl methyl sites for hydroxylation is 1. The second-order valence-corrected chi connectivity index (χ2v) is 8.01. The van der Waals surface area contributed by atoms with Gasteiger partial charge in [0.05, 0.1) is 19.8 Å². The minimum atomic E-state index is 0.366. The van der Waals surface area contributed by atoms with Crippen LogP contribution in [0.1, 0.15) is 25.1 Å². The molecule has 0 aromatic carbocycles. The quantitative estimate of drug-likeness (QED) is 0.485. The van der Waals surface area contributed by atoms with Crippen LogP contribution >= 0.6 is 0 Å². The Balaban J connectivity index is 1.82. The van der Waals surface area contributed by atoms with Gasteiger partial charge < -0.3 is 25.0 Å². The monoisotopic (exact) mass is 440 g/mol. The van der Waals surface area contributed by atoms with Crippen LogP contribution in [0.3, 0.4) is 0 Å². The summed E-state index contributed by atoms with van der Waals surface area (Å²) in [5.74, 6) is 2.10. The van der Waals surface area contributed by atoms with Gasteiger partial charge in [-0.25, -0.2) is 9.97 Å². The van der Waals surface area contributed by atoms with Gasteiger partial charge in [-0.3, -0.25) is 4.68 Å². The fourth-order valence-corrected chi connectivity index (χ4v) is 3.89. The van der Waals surface area contributed by atoms with Crippen molar-refractivity contribution in [3.8, 4) is 0 Å². The highest BCUT2D eigenvalue weighted by molar-refractivity contribution is 5.90. The zero-order chi connectivity index (χ0) is 22.5. The summed E-state index contributed by atoms with van der Waals surface area (Å²) in [7, 11) is 1.67. The first kappa shape index (κ1) is 22.4. The number of aromatic nitrogens is 5. The largest absolute Gasteiger partial charge is 0.380 e. The van der Waals surface area contributed by atoms with Crippen LogP contribution in [-0.2, 0) is 22.6 Å². The molecule has 0 radical (unpaired) electrons. The summed E-state index contributed by atoms with van der Waals surface area (Å²) in [5.41, 5.74) is 3.52. The molecule has 1 fully saturated rings. The second-order valence-electron chi connectivity index (χ2n) is 8.01. The van der Waals surface area contributed by atoms with Crippen molar-refractivity contribution in [2.75, 3.05) is 50.2 Å². The van der Waals surface area contributed by atoms with E-state index >= 15 is 0 Å². The van der Waals surface area contributed by atoms with Gasteiger partial charge in [-0.2, -0.15) is 10.1 Å². The molecule has 172 valence electrons. The van der Waals surface area contributed by atoms with Gasteiger partial charge in [-0.15, -0.1) is 0 Å². The molecule has 1 unspecified atom stereocenters. The van der Waals surface area contributed by atoms with Gasteiger partial charge in [-0.1, -0.05) is 0 Å². The van der Waals surface area contributed by atoms with E-state index in [-0.39, 0.29) is 0 Å². The molecule has 0 amide bonds. The van der Waals surface area contributed by atoms with Gasteiger partial charge in [0, 0.05) is 45.6 Å². The molecule has 4 heterocycles. The van der Waals surface area contributed by atoms with Crippen molar-refractivity contribution in [1.82, 2.24) is 30.0 Å². The number of rotatable bonds is 9. The van der Waals surface area contributed by atoms with Crippen molar-refractivity contribution in [1.29, 1.82) is 0 Å². The molecule has 0 saturated carbocycles. The molecule has 0 aliphatic carbocycles. The molecule has 1 atom stereocenters. The zero-order valence-electron chi connectivity index (χ0n) is 19.3. The number of methoxy groups -OCH3 is 1. The van der Waals surface area contributed by atoms with Crippen LogP contribution in [0.5, 0.6) is 0 Å². The predicted octanol–water partition coefficient (Wildman–Crippen LogP) is 2.25. The van der Waals surface area contributed by atoms with E-state index in [1.807, 2.05) is 30.7 Å². The standard InChI is InChI=1S/C22H32N8O2/c1-5-32-11-10-30-20-19(17(28-30)14-31-4)26-22(29-9-8-23-16(3)13-29)27-21(20)25-18-12-15(2)6-7-24-18/h6-7,12,16,23H,5,8-11,13-14H2,1-4H3,(H,24,25,26,27). The van der Waals surface area contributed by atoms with Gasteiger partial charge in [-0.05, 0) is 38.5 Å². The number of ether oxygens (including phenoxy) is 2. The molecule has 32 heavy (non-hydrogen) atoms. The highest BCUT2D eigenvalue weighted by Crippen LogP contribution is 2.29. The highest BCUT2D eigenvalue weighted by Gasteiger charge is 2.24. The molecule has 3 aromatic rings. The molecule has 0 spiro atoms. The Morgan fingerprint density at radius 1 is 1.31 bits per heavy atom. The molecule has 3 aromatic heterocycles. The maximum Gasteiger partial charge on any atom is 0.228 e. The number of pyridine rings is 1. The Morgan fingerprint density at radius 3 is 2.94 bits per heavy atom. The van der Waals surface area contributed by atoms with Crippen molar-refractivity contribution in [2.24, 2.45) is 0 Å². The zero-order valence-corrected chi connectivity index (χ0v) is 19.3. The first-order valence-electron chi connectivity index (χ1n) is 11.1. The molecule has 0 bridgehead atoms. The van der Waals surface area contributed by atoms with Gasteiger partial charge in [0.1, 0.15) is 22.5 Å². The van der Waals surface area contributed by atoms with Crippen molar-refractivity contribution < 1.29 is 9.47 Å². The Kier molecular flexibility index (Phi) is 7.13. The lowest BCUT2D eigenvalue weighted by Gasteiger charge is -2.32. The molecule has 1 aliphatic heterocycles.